The summed E-state index contributed by atoms with van der Waals surface area (Å²) in [7, 11) is -6.96. The van der Waals surface area contributed by atoms with Gasteiger partial charge in [0.15, 0.2) is 0 Å². The summed E-state index contributed by atoms with van der Waals surface area (Å²) in [6.45, 7) is 3.95. The lowest BCUT2D eigenvalue weighted by Gasteiger charge is -2.19. The molecule has 1 aliphatic heterocycles. The molecule has 0 aromatic heterocycles. The molecule has 2 aromatic rings. The number of anilines is 2. The third-order valence-electron chi connectivity index (χ3n) is 4.22. The summed E-state index contributed by atoms with van der Waals surface area (Å²) in [5.74, 6) is 0.147. The lowest BCUT2D eigenvalue weighted by molar-refractivity contribution is 0.598. The second kappa shape index (κ2) is 6.34. The van der Waals surface area contributed by atoms with Gasteiger partial charge in [-0.25, -0.2) is 16.8 Å². The first-order chi connectivity index (χ1) is 11.7. The molecule has 0 spiro atoms. The fourth-order valence-electron chi connectivity index (χ4n) is 2.90. The third kappa shape index (κ3) is 3.50. The van der Waals surface area contributed by atoms with E-state index in [1.54, 1.807) is 56.3 Å². The van der Waals surface area contributed by atoms with Crippen LogP contribution in [0.15, 0.2) is 47.4 Å². The molecule has 1 N–H and O–H groups in total. The lowest BCUT2D eigenvalue weighted by atomic mass is 10.2. The van der Waals surface area contributed by atoms with Crippen molar-refractivity contribution in [1.82, 2.24) is 0 Å². The summed E-state index contributed by atoms with van der Waals surface area (Å²) in [4.78, 5) is 0.223. The summed E-state index contributed by atoms with van der Waals surface area (Å²) >= 11 is 0. The van der Waals surface area contributed by atoms with Gasteiger partial charge in [0.2, 0.25) is 10.0 Å². The van der Waals surface area contributed by atoms with E-state index >= 15 is 0 Å². The molecule has 0 atom stereocenters. The van der Waals surface area contributed by atoms with Gasteiger partial charge in [0.25, 0.3) is 10.0 Å². The molecule has 0 radical (unpaired) electrons. The Labute approximate surface area is 148 Å². The SMILES string of the molecule is Cc1cc(N2CCCS2(=O)=O)ccc1NS(=O)(=O)c1ccccc1C. The Balaban J connectivity index is 1.91. The van der Waals surface area contributed by atoms with E-state index in [-0.39, 0.29) is 10.6 Å². The molecule has 1 aliphatic rings. The predicted octanol–water partition coefficient (Wildman–Crippen LogP) is 2.64. The fraction of sp³-hybridized carbons (Fsp3) is 0.294. The van der Waals surface area contributed by atoms with Gasteiger partial charge in [-0.15, -0.1) is 0 Å². The normalized spacial score (nSPS) is 16.8. The maximum Gasteiger partial charge on any atom is 0.262 e. The quantitative estimate of drug-likeness (QED) is 0.884. The van der Waals surface area contributed by atoms with Crippen molar-refractivity contribution in [3.63, 3.8) is 0 Å². The molecule has 134 valence electrons. The minimum absolute atomic E-state index is 0.147. The van der Waals surface area contributed by atoms with Crippen molar-refractivity contribution in [3.8, 4) is 0 Å². The van der Waals surface area contributed by atoms with Gasteiger partial charge in [-0.1, -0.05) is 18.2 Å². The van der Waals surface area contributed by atoms with Crippen LogP contribution in [0.2, 0.25) is 0 Å². The molecule has 0 saturated carbocycles. The Bertz CT molecular complexity index is 1010. The van der Waals surface area contributed by atoms with E-state index in [1.807, 2.05) is 0 Å². The third-order valence-corrected chi connectivity index (χ3v) is 7.62. The first-order valence-electron chi connectivity index (χ1n) is 7.90. The number of hydrogen-bond acceptors (Lipinski definition) is 4. The zero-order valence-corrected chi connectivity index (χ0v) is 15.7. The summed E-state index contributed by atoms with van der Waals surface area (Å²) < 4.78 is 53.2. The number of nitrogens with one attached hydrogen (secondary N) is 1. The highest BCUT2D eigenvalue weighted by molar-refractivity contribution is 7.93. The highest BCUT2D eigenvalue weighted by atomic mass is 32.2. The molecule has 6 nitrogen and oxygen atoms in total. The second-order valence-corrected chi connectivity index (χ2v) is 9.78. The Kier molecular flexibility index (Phi) is 4.51. The molecule has 8 heteroatoms. The Hall–Kier alpha value is -2.06. The number of aryl methyl sites for hydroxylation is 2. The maximum absolute atomic E-state index is 12.6. The van der Waals surface area contributed by atoms with E-state index in [2.05, 4.69) is 4.72 Å². The summed E-state index contributed by atoms with van der Waals surface area (Å²) in [5, 5.41) is 0. The van der Waals surface area contributed by atoms with E-state index in [4.69, 9.17) is 0 Å². The zero-order chi connectivity index (χ0) is 18.2. The fourth-order valence-corrected chi connectivity index (χ4v) is 5.84. The predicted molar refractivity (Wildman–Crippen MR) is 98.9 cm³/mol. The van der Waals surface area contributed by atoms with Crippen molar-refractivity contribution < 1.29 is 16.8 Å². The number of hydrogen-bond donors (Lipinski definition) is 1. The zero-order valence-electron chi connectivity index (χ0n) is 14.1. The molecular weight excluding hydrogens is 360 g/mol. The highest BCUT2D eigenvalue weighted by Crippen LogP contribution is 2.29. The van der Waals surface area contributed by atoms with Crippen LogP contribution in [0.1, 0.15) is 17.5 Å². The van der Waals surface area contributed by atoms with Crippen LogP contribution in [0, 0.1) is 13.8 Å². The Morgan fingerprint density at radius 1 is 1.04 bits per heavy atom. The molecule has 0 bridgehead atoms. The summed E-state index contributed by atoms with van der Waals surface area (Å²) in [6.07, 6.45) is 0.600. The standard InChI is InChI=1S/C17H20N2O4S2/c1-13-6-3-4-7-17(13)25(22,23)18-16-9-8-15(12-14(16)2)19-10-5-11-24(19,20)21/h3-4,6-9,12,18H,5,10-11H2,1-2H3. The number of benzene rings is 2. The number of nitrogens with zero attached hydrogens (tertiary/aromatic N) is 1. The van der Waals surface area contributed by atoms with Gasteiger partial charge < -0.3 is 0 Å². The van der Waals surface area contributed by atoms with Crippen LogP contribution in [0.3, 0.4) is 0 Å². The monoisotopic (exact) mass is 380 g/mol. The van der Waals surface area contributed by atoms with Gasteiger partial charge in [0.1, 0.15) is 0 Å². The van der Waals surface area contributed by atoms with Crippen LogP contribution in [0.4, 0.5) is 11.4 Å². The van der Waals surface area contributed by atoms with Crippen molar-refractivity contribution in [2.45, 2.75) is 25.2 Å². The molecule has 2 aromatic carbocycles. The molecule has 0 unspecified atom stereocenters. The van der Waals surface area contributed by atoms with Gasteiger partial charge in [-0.3, -0.25) is 9.03 Å². The average Bonchev–Trinajstić information content (AvgIpc) is 2.89. The number of sulfonamides is 2. The van der Waals surface area contributed by atoms with Crippen molar-refractivity contribution in [2.75, 3.05) is 21.3 Å². The molecule has 0 amide bonds. The van der Waals surface area contributed by atoms with Gasteiger partial charge in [-0.2, -0.15) is 0 Å². The second-order valence-electron chi connectivity index (χ2n) is 6.11. The van der Waals surface area contributed by atoms with Gasteiger partial charge >= 0.3 is 0 Å². The molecular formula is C17H20N2O4S2. The molecule has 1 fully saturated rings. The first-order valence-corrected chi connectivity index (χ1v) is 11.0. The van der Waals surface area contributed by atoms with Crippen LogP contribution < -0.4 is 9.03 Å². The smallest absolute Gasteiger partial charge is 0.262 e. The van der Waals surface area contributed by atoms with Crippen LogP contribution in [0.25, 0.3) is 0 Å². The van der Waals surface area contributed by atoms with Crippen molar-refractivity contribution >= 4 is 31.4 Å². The molecule has 25 heavy (non-hydrogen) atoms. The summed E-state index contributed by atoms with van der Waals surface area (Å²) in [6, 6.07) is 11.7. The van der Waals surface area contributed by atoms with E-state index < -0.39 is 20.0 Å². The number of rotatable bonds is 4. The summed E-state index contributed by atoms with van der Waals surface area (Å²) in [5.41, 5.74) is 2.32. The van der Waals surface area contributed by atoms with E-state index in [0.29, 0.717) is 35.5 Å². The highest BCUT2D eigenvalue weighted by Gasteiger charge is 2.28. The molecule has 0 aliphatic carbocycles. The van der Waals surface area contributed by atoms with Gasteiger partial charge in [0.05, 0.1) is 22.0 Å². The van der Waals surface area contributed by atoms with Gasteiger partial charge in [0, 0.05) is 6.54 Å². The van der Waals surface area contributed by atoms with Crippen LogP contribution in [-0.4, -0.2) is 29.1 Å². The van der Waals surface area contributed by atoms with Crippen LogP contribution in [0.5, 0.6) is 0 Å². The van der Waals surface area contributed by atoms with Crippen LogP contribution >= 0.6 is 0 Å². The van der Waals surface area contributed by atoms with Crippen molar-refractivity contribution in [2.24, 2.45) is 0 Å². The average molecular weight is 380 g/mol. The minimum Gasteiger partial charge on any atom is -0.279 e. The topological polar surface area (TPSA) is 83.6 Å². The first kappa shape index (κ1) is 17.8. The van der Waals surface area contributed by atoms with Gasteiger partial charge in [-0.05, 0) is 55.7 Å². The van der Waals surface area contributed by atoms with Crippen molar-refractivity contribution in [1.29, 1.82) is 0 Å². The lowest BCUT2D eigenvalue weighted by Crippen LogP contribution is -2.25. The van der Waals surface area contributed by atoms with E-state index in [1.165, 1.54) is 4.31 Å². The van der Waals surface area contributed by atoms with E-state index in [9.17, 15) is 16.8 Å². The molecule has 1 heterocycles. The maximum atomic E-state index is 12.6. The van der Waals surface area contributed by atoms with Crippen molar-refractivity contribution in [3.05, 3.63) is 53.6 Å². The van der Waals surface area contributed by atoms with E-state index in [0.717, 1.165) is 0 Å². The molecule has 1 saturated heterocycles. The molecule has 3 rings (SSSR count). The minimum atomic E-state index is -3.70. The Morgan fingerprint density at radius 2 is 1.76 bits per heavy atom. The largest absolute Gasteiger partial charge is 0.279 e. The van der Waals surface area contributed by atoms with Crippen LogP contribution in [-0.2, 0) is 20.0 Å². The Morgan fingerprint density at radius 3 is 2.36 bits per heavy atom.